The van der Waals surface area contributed by atoms with E-state index < -0.39 is 0 Å². The summed E-state index contributed by atoms with van der Waals surface area (Å²) in [5.74, 6) is 0.784. The number of carbonyl (C=O) groups excluding carboxylic acids is 1. The normalized spacial score (nSPS) is 10.5. The third-order valence-corrected chi connectivity index (χ3v) is 4.93. The summed E-state index contributed by atoms with van der Waals surface area (Å²) in [6.45, 7) is 0.504. The lowest BCUT2D eigenvalue weighted by molar-refractivity contribution is -0.120. The topological polar surface area (TPSA) is 51.2 Å². The zero-order valence-corrected chi connectivity index (χ0v) is 14.2. The quantitative estimate of drug-likeness (QED) is 0.741. The van der Waals surface area contributed by atoms with Gasteiger partial charge in [-0.05, 0) is 29.1 Å². The lowest BCUT2D eigenvalue weighted by atomic mass is 10.2. The van der Waals surface area contributed by atoms with E-state index in [1.54, 1.807) is 29.8 Å². The van der Waals surface area contributed by atoms with Gasteiger partial charge in [0.25, 0.3) is 0 Å². The summed E-state index contributed by atoms with van der Waals surface area (Å²) in [6.07, 6.45) is 0.302. The Morgan fingerprint density at radius 2 is 2.04 bits per heavy atom. The van der Waals surface area contributed by atoms with Gasteiger partial charge in [0.2, 0.25) is 5.91 Å². The summed E-state index contributed by atoms with van der Waals surface area (Å²) in [6, 6.07) is 9.69. The molecule has 0 saturated carbocycles. The molecule has 3 rings (SSSR count). The Bertz CT molecular complexity index is 764. The number of thiazole rings is 1. The number of rotatable bonds is 6. The van der Waals surface area contributed by atoms with E-state index in [2.05, 4.69) is 15.7 Å². The summed E-state index contributed by atoms with van der Waals surface area (Å²) in [4.78, 5) is 16.6. The molecule has 0 spiro atoms. The molecule has 23 heavy (non-hydrogen) atoms. The van der Waals surface area contributed by atoms with E-state index >= 15 is 0 Å². The van der Waals surface area contributed by atoms with Gasteiger partial charge in [0, 0.05) is 22.9 Å². The molecule has 0 bridgehead atoms. The van der Waals surface area contributed by atoms with Crippen LogP contribution in [0.25, 0.3) is 10.6 Å². The van der Waals surface area contributed by atoms with E-state index in [-0.39, 0.29) is 5.91 Å². The number of nitrogens with one attached hydrogen (secondary N) is 1. The number of methoxy groups -OCH3 is 1. The predicted octanol–water partition coefficient (Wildman–Crippen LogP) is 3.74. The molecule has 4 nitrogen and oxygen atoms in total. The summed E-state index contributed by atoms with van der Waals surface area (Å²) < 4.78 is 5.11. The fourth-order valence-electron chi connectivity index (χ4n) is 2.08. The van der Waals surface area contributed by atoms with E-state index in [0.717, 1.165) is 27.6 Å². The molecule has 2 heterocycles. The number of aromatic nitrogens is 1. The largest absolute Gasteiger partial charge is 0.497 e. The summed E-state index contributed by atoms with van der Waals surface area (Å²) in [5, 5.41) is 9.91. The van der Waals surface area contributed by atoms with Gasteiger partial charge in [0.15, 0.2) is 0 Å². The highest BCUT2D eigenvalue weighted by molar-refractivity contribution is 7.14. The predicted molar refractivity (Wildman–Crippen MR) is 94.0 cm³/mol. The van der Waals surface area contributed by atoms with Crippen LogP contribution in [0.15, 0.2) is 46.5 Å². The lowest BCUT2D eigenvalue weighted by Crippen LogP contribution is -2.24. The lowest BCUT2D eigenvalue weighted by Gasteiger charge is -2.05. The van der Waals surface area contributed by atoms with Crippen molar-refractivity contribution in [2.45, 2.75) is 13.0 Å². The van der Waals surface area contributed by atoms with E-state index in [1.165, 1.54) is 0 Å². The van der Waals surface area contributed by atoms with Crippen LogP contribution < -0.4 is 10.1 Å². The Labute approximate surface area is 142 Å². The minimum absolute atomic E-state index is 0.0250. The molecular formula is C17H16N2O2S2. The highest BCUT2D eigenvalue weighted by Gasteiger charge is 2.09. The van der Waals surface area contributed by atoms with Crippen molar-refractivity contribution in [3.8, 4) is 16.3 Å². The van der Waals surface area contributed by atoms with Crippen molar-refractivity contribution < 1.29 is 9.53 Å². The fourth-order valence-corrected chi connectivity index (χ4v) is 3.61. The zero-order chi connectivity index (χ0) is 16.1. The molecule has 1 amide bonds. The number of nitrogens with zero attached hydrogens (tertiary/aromatic N) is 1. The van der Waals surface area contributed by atoms with Crippen molar-refractivity contribution in [1.29, 1.82) is 0 Å². The molecule has 0 fully saturated rings. The second kappa shape index (κ2) is 7.39. The van der Waals surface area contributed by atoms with Crippen LogP contribution in [-0.4, -0.2) is 18.0 Å². The number of benzene rings is 1. The second-order valence-corrected chi connectivity index (χ2v) is 6.60. The van der Waals surface area contributed by atoms with Crippen molar-refractivity contribution in [1.82, 2.24) is 10.3 Å². The Morgan fingerprint density at radius 1 is 1.22 bits per heavy atom. The number of ether oxygens (including phenoxy) is 1. The summed E-state index contributed by atoms with van der Waals surface area (Å²) in [5.41, 5.74) is 2.96. The van der Waals surface area contributed by atoms with Crippen molar-refractivity contribution in [3.05, 3.63) is 57.7 Å². The monoisotopic (exact) mass is 344 g/mol. The molecule has 0 saturated heterocycles. The molecule has 3 aromatic rings. The molecule has 0 aliphatic heterocycles. The minimum atomic E-state index is -0.0250. The van der Waals surface area contributed by atoms with Crippen LogP contribution in [0.4, 0.5) is 0 Å². The average molecular weight is 344 g/mol. The first-order valence-corrected chi connectivity index (χ1v) is 8.93. The first-order chi connectivity index (χ1) is 11.2. The molecule has 118 valence electrons. The van der Waals surface area contributed by atoms with E-state index in [0.29, 0.717) is 13.0 Å². The smallest absolute Gasteiger partial charge is 0.226 e. The van der Waals surface area contributed by atoms with Gasteiger partial charge in [0.1, 0.15) is 10.8 Å². The number of thiophene rings is 1. The maximum Gasteiger partial charge on any atom is 0.226 e. The van der Waals surface area contributed by atoms with Crippen molar-refractivity contribution in [2.24, 2.45) is 0 Å². The molecule has 1 aromatic carbocycles. The standard InChI is InChI=1S/C17H16N2O2S2/c1-21-15-4-2-12(3-5-15)9-18-16(20)8-14-11-23-17(19-14)13-6-7-22-10-13/h2-7,10-11H,8-9H2,1H3,(H,18,20). The maximum absolute atomic E-state index is 12.0. The van der Waals surface area contributed by atoms with E-state index in [4.69, 9.17) is 4.74 Å². The highest BCUT2D eigenvalue weighted by Crippen LogP contribution is 2.25. The first kappa shape index (κ1) is 15.7. The van der Waals surface area contributed by atoms with Gasteiger partial charge in [0.05, 0.1) is 19.2 Å². The fraction of sp³-hybridized carbons (Fsp3) is 0.176. The van der Waals surface area contributed by atoms with Gasteiger partial charge < -0.3 is 10.1 Å². The number of hydrogen-bond donors (Lipinski definition) is 1. The van der Waals surface area contributed by atoms with Crippen LogP contribution in [0.5, 0.6) is 5.75 Å². The summed E-state index contributed by atoms with van der Waals surface area (Å²) in [7, 11) is 1.63. The van der Waals surface area contributed by atoms with Crippen LogP contribution in [0.2, 0.25) is 0 Å². The molecule has 0 aliphatic rings. The van der Waals surface area contributed by atoms with Gasteiger partial charge in [-0.15, -0.1) is 11.3 Å². The van der Waals surface area contributed by atoms with E-state index in [1.807, 2.05) is 41.1 Å². The Kier molecular flexibility index (Phi) is 5.05. The zero-order valence-electron chi connectivity index (χ0n) is 12.6. The number of hydrogen-bond acceptors (Lipinski definition) is 5. The van der Waals surface area contributed by atoms with Gasteiger partial charge in [-0.1, -0.05) is 12.1 Å². The van der Waals surface area contributed by atoms with Gasteiger partial charge in [-0.3, -0.25) is 4.79 Å². The first-order valence-electron chi connectivity index (χ1n) is 7.11. The molecule has 6 heteroatoms. The van der Waals surface area contributed by atoms with Crippen molar-refractivity contribution in [2.75, 3.05) is 7.11 Å². The molecular weight excluding hydrogens is 328 g/mol. The Balaban J connectivity index is 1.53. The molecule has 1 N–H and O–H groups in total. The molecule has 2 aromatic heterocycles. The summed E-state index contributed by atoms with van der Waals surface area (Å²) >= 11 is 3.21. The van der Waals surface area contributed by atoms with Crippen LogP contribution in [-0.2, 0) is 17.8 Å². The SMILES string of the molecule is COc1ccc(CNC(=O)Cc2csc(-c3ccsc3)n2)cc1. The van der Waals surface area contributed by atoms with Crippen LogP contribution in [0, 0.1) is 0 Å². The highest BCUT2D eigenvalue weighted by atomic mass is 32.1. The van der Waals surface area contributed by atoms with Crippen LogP contribution >= 0.6 is 22.7 Å². The van der Waals surface area contributed by atoms with Crippen LogP contribution in [0.1, 0.15) is 11.3 Å². The van der Waals surface area contributed by atoms with Gasteiger partial charge in [-0.2, -0.15) is 11.3 Å². The molecule has 0 radical (unpaired) electrons. The van der Waals surface area contributed by atoms with Crippen molar-refractivity contribution >= 4 is 28.6 Å². The third kappa shape index (κ3) is 4.18. The van der Waals surface area contributed by atoms with Gasteiger partial charge in [-0.25, -0.2) is 4.98 Å². The second-order valence-electron chi connectivity index (χ2n) is 4.96. The van der Waals surface area contributed by atoms with Gasteiger partial charge >= 0.3 is 0 Å². The third-order valence-electron chi connectivity index (χ3n) is 3.31. The average Bonchev–Trinajstić information content (AvgIpc) is 3.24. The number of amides is 1. The molecule has 0 unspecified atom stereocenters. The number of carbonyl (C=O) groups is 1. The molecule has 0 atom stereocenters. The minimum Gasteiger partial charge on any atom is -0.497 e. The maximum atomic E-state index is 12.0. The van der Waals surface area contributed by atoms with E-state index in [9.17, 15) is 4.79 Å². The molecule has 0 aliphatic carbocycles. The Hall–Kier alpha value is -2.18. The Morgan fingerprint density at radius 3 is 2.74 bits per heavy atom. The van der Waals surface area contributed by atoms with Crippen LogP contribution in [0.3, 0.4) is 0 Å². The van der Waals surface area contributed by atoms with Crippen molar-refractivity contribution in [3.63, 3.8) is 0 Å².